The van der Waals surface area contributed by atoms with Crippen molar-refractivity contribution in [2.45, 2.75) is 32.2 Å². The van der Waals surface area contributed by atoms with Crippen molar-refractivity contribution in [3.63, 3.8) is 0 Å². The maximum absolute atomic E-state index is 12.7. The van der Waals surface area contributed by atoms with E-state index in [4.69, 9.17) is 9.47 Å². The zero-order valence-corrected chi connectivity index (χ0v) is 17.1. The zero-order chi connectivity index (χ0) is 19.9. The highest BCUT2D eigenvalue weighted by atomic mass is 16.5. The maximum Gasteiger partial charge on any atom is 0.222 e. The van der Waals surface area contributed by atoms with Crippen LogP contribution in [0, 0.1) is 0 Å². The topological polar surface area (TPSA) is 42.0 Å². The summed E-state index contributed by atoms with van der Waals surface area (Å²) >= 11 is 0. The number of rotatable bonds is 8. The molecule has 150 valence electrons. The Kier molecular flexibility index (Phi) is 6.80. The number of hydrogen-bond donors (Lipinski definition) is 0. The second-order valence-electron chi connectivity index (χ2n) is 7.26. The minimum Gasteiger partial charge on any atom is -0.493 e. The molecule has 0 spiro atoms. The Morgan fingerprint density at radius 3 is 2.46 bits per heavy atom. The monoisotopic (exact) mass is 382 g/mol. The van der Waals surface area contributed by atoms with E-state index in [9.17, 15) is 4.79 Å². The van der Waals surface area contributed by atoms with Gasteiger partial charge in [-0.2, -0.15) is 0 Å². The normalized spacial score (nSPS) is 13.5. The van der Waals surface area contributed by atoms with E-state index in [1.165, 1.54) is 24.1 Å². The number of anilines is 1. The summed E-state index contributed by atoms with van der Waals surface area (Å²) in [4.78, 5) is 16.9. The summed E-state index contributed by atoms with van der Waals surface area (Å²) in [6.45, 7) is 2.85. The van der Waals surface area contributed by atoms with Crippen LogP contribution < -0.4 is 14.4 Å². The quantitative estimate of drug-likeness (QED) is 0.695. The average molecular weight is 383 g/mol. The highest BCUT2D eigenvalue weighted by Crippen LogP contribution is 2.28. The van der Waals surface area contributed by atoms with E-state index in [2.05, 4.69) is 29.2 Å². The minimum atomic E-state index is 0.144. The average Bonchev–Trinajstić information content (AvgIpc) is 3.26. The SMILES string of the molecule is COc1ccc(CCC(=O)N(C)Cc2ccccc2N2CCCC2)cc1OC. The molecule has 0 unspecified atom stereocenters. The first kappa shape index (κ1) is 20.1. The van der Waals surface area contributed by atoms with E-state index in [0.29, 0.717) is 30.9 Å². The van der Waals surface area contributed by atoms with Crippen LogP contribution in [0.2, 0.25) is 0 Å². The Bertz CT molecular complexity index is 800. The van der Waals surface area contributed by atoms with Crippen LogP contribution in [-0.4, -0.2) is 45.2 Å². The van der Waals surface area contributed by atoms with E-state index in [1.54, 1.807) is 14.2 Å². The third kappa shape index (κ3) is 4.77. The summed E-state index contributed by atoms with van der Waals surface area (Å²) in [7, 11) is 5.13. The molecule has 0 bridgehead atoms. The zero-order valence-electron chi connectivity index (χ0n) is 17.1. The lowest BCUT2D eigenvalue weighted by atomic mass is 10.1. The van der Waals surface area contributed by atoms with Gasteiger partial charge in [-0.1, -0.05) is 24.3 Å². The molecule has 28 heavy (non-hydrogen) atoms. The van der Waals surface area contributed by atoms with Crippen LogP contribution in [0.1, 0.15) is 30.4 Å². The Hall–Kier alpha value is -2.69. The number of nitrogens with zero attached hydrogens (tertiary/aromatic N) is 2. The Labute approximate surface area is 167 Å². The van der Waals surface area contributed by atoms with E-state index >= 15 is 0 Å². The van der Waals surface area contributed by atoms with Crippen LogP contribution >= 0.6 is 0 Å². The van der Waals surface area contributed by atoms with Gasteiger partial charge in [-0.05, 0) is 48.6 Å². The van der Waals surface area contributed by atoms with Gasteiger partial charge in [-0.25, -0.2) is 0 Å². The van der Waals surface area contributed by atoms with Crippen molar-refractivity contribution in [2.24, 2.45) is 0 Å². The molecule has 0 atom stereocenters. The van der Waals surface area contributed by atoms with E-state index in [0.717, 1.165) is 18.7 Å². The molecule has 0 saturated carbocycles. The Balaban J connectivity index is 1.60. The van der Waals surface area contributed by atoms with Crippen molar-refractivity contribution in [1.29, 1.82) is 0 Å². The lowest BCUT2D eigenvalue weighted by Crippen LogP contribution is -2.28. The van der Waals surface area contributed by atoms with Crippen LogP contribution in [0.3, 0.4) is 0 Å². The third-order valence-corrected chi connectivity index (χ3v) is 5.35. The fourth-order valence-electron chi connectivity index (χ4n) is 3.73. The van der Waals surface area contributed by atoms with Gasteiger partial charge in [0.25, 0.3) is 0 Å². The number of aryl methyl sites for hydroxylation is 1. The van der Waals surface area contributed by atoms with Crippen LogP contribution in [-0.2, 0) is 17.8 Å². The van der Waals surface area contributed by atoms with E-state index in [1.807, 2.05) is 30.1 Å². The predicted octanol–water partition coefficient (Wildman–Crippen LogP) is 3.90. The first-order valence-electron chi connectivity index (χ1n) is 9.90. The molecule has 0 aliphatic carbocycles. The molecule has 5 heteroatoms. The molecule has 5 nitrogen and oxygen atoms in total. The number of amides is 1. The van der Waals surface area contributed by atoms with Gasteiger partial charge in [0.15, 0.2) is 11.5 Å². The number of methoxy groups -OCH3 is 2. The van der Waals surface area contributed by atoms with Gasteiger partial charge in [-0.15, -0.1) is 0 Å². The number of carbonyl (C=O) groups is 1. The molecule has 2 aromatic carbocycles. The van der Waals surface area contributed by atoms with Gasteiger partial charge in [0.1, 0.15) is 0 Å². The third-order valence-electron chi connectivity index (χ3n) is 5.35. The van der Waals surface area contributed by atoms with Crippen molar-refractivity contribution >= 4 is 11.6 Å². The molecule has 3 rings (SSSR count). The van der Waals surface area contributed by atoms with Crippen LogP contribution in [0.25, 0.3) is 0 Å². The summed E-state index contributed by atoms with van der Waals surface area (Å²) in [6.07, 6.45) is 3.64. The molecule has 1 heterocycles. The van der Waals surface area contributed by atoms with Crippen LogP contribution in [0.15, 0.2) is 42.5 Å². The largest absolute Gasteiger partial charge is 0.493 e. The molecule has 1 aliphatic heterocycles. The number of benzene rings is 2. The minimum absolute atomic E-state index is 0.144. The molecule has 0 aromatic heterocycles. The summed E-state index contributed by atoms with van der Waals surface area (Å²) in [5, 5.41) is 0. The molecular weight excluding hydrogens is 352 g/mol. The van der Waals surface area contributed by atoms with Crippen molar-refractivity contribution in [1.82, 2.24) is 4.90 Å². The van der Waals surface area contributed by atoms with Gasteiger partial charge in [0, 0.05) is 38.8 Å². The standard InChI is InChI=1S/C23H30N2O3/c1-24(17-19-8-4-5-9-20(19)25-14-6-7-15-25)23(26)13-11-18-10-12-21(27-2)22(16-18)28-3/h4-5,8-10,12,16H,6-7,11,13-15,17H2,1-3H3. The first-order chi connectivity index (χ1) is 13.6. The molecule has 1 fully saturated rings. The Morgan fingerprint density at radius 1 is 1.04 bits per heavy atom. The van der Waals surface area contributed by atoms with Gasteiger partial charge in [0.05, 0.1) is 14.2 Å². The molecule has 0 N–H and O–H groups in total. The lowest BCUT2D eigenvalue weighted by molar-refractivity contribution is -0.130. The summed E-state index contributed by atoms with van der Waals surface area (Å²) in [6, 6.07) is 14.2. The van der Waals surface area contributed by atoms with Crippen LogP contribution in [0.5, 0.6) is 11.5 Å². The fraction of sp³-hybridized carbons (Fsp3) is 0.435. The van der Waals surface area contributed by atoms with E-state index < -0.39 is 0 Å². The second kappa shape index (κ2) is 9.49. The lowest BCUT2D eigenvalue weighted by Gasteiger charge is -2.24. The van der Waals surface area contributed by atoms with Crippen molar-refractivity contribution in [3.8, 4) is 11.5 Å². The van der Waals surface area contributed by atoms with Crippen molar-refractivity contribution in [2.75, 3.05) is 39.3 Å². The number of carbonyl (C=O) groups excluding carboxylic acids is 1. The number of hydrogen-bond acceptors (Lipinski definition) is 4. The fourth-order valence-corrected chi connectivity index (χ4v) is 3.73. The van der Waals surface area contributed by atoms with Gasteiger partial charge < -0.3 is 19.3 Å². The molecular formula is C23H30N2O3. The first-order valence-corrected chi connectivity index (χ1v) is 9.90. The van der Waals surface area contributed by atoms with Gasteiger partial charge in [0.2, 0.25) is 5.91 Å². The van der Waals surface area contributed by atoms with Gasteiger partial charge in [-0.3, -0.25) is 4.79 Å². The maximum atomic E-state index is 12.7. The van der Waals surface area contributed by atoms with Crippen molar-refractivity contribution < 1.29 is 14.3 Å². The summed E-state index contributed by atoms with van der Waals surface area (Å²) in [5.74, 6) is 1.54. The summed E-state index contributed by atoms with van der Waals surface area (Å²) < 4.78 is 10.6. The van der Waals surface area contributed by atoms with Crippen molar-refractivity contribution in [3.05, 3.63) is 53.6 Å². The van der Waals surface area contributed by atoms with Crippen LogP contribution in [0.4, 0.5) is 5.69 Å². The highest BCUT2D eigenvalue weighted by Gasteiger charge is 2.17. The highest BCUT2D eigenvalue weighted by molar-refractivity contribution is 5.76. The smallest absolute Gasteiger partial charge is 0.222 e. The molecule has 0 radical (unpaired) electrons. The van der Waals surface area contributed by atoms with E-state index in [-0.39, 0.29) is 5.91 Å². The molecule has 2 aromatic rings. The molecule has 1 saturated heterocycles. The Morgan fingerprint density at radius 2 is 1.75 bits per heavy atom. The molecule has 1 aliphatic rings. The summed E-state index contributed by atoms with van der Waals surface area (Å²) in [5.41, 5.74) is 3.54. The number of ether oxygens (including phenoxy) is 2. The van der Waals surface area contributed by atoms with Gasteiger partial charge >= 0.3 is 0 Å². The second-order valence-corrected chi connectivity index (χ2v) is 7.26. The number of para-hydroxylation sites is 1. The molecule has 1 amide bonds. The predicted molar refractivity (Wildman–Crippen MR) is 112 cm³/mol.